The van der Waals surface area contributed by atoms with Crippen LogP contribution in [0.4, 0.5) is 0 Å². The number of halogens is 2. The van der Waals surface area contributed by atoms with Gasteiger partial charge in [-0.1, -0.05) is 58.4 Å². The van der Waals surface area contributed by atoms with E-state index in [0.29, 0.717) is 28.0 Å². The number of nitrogens with zero attached hydrogens (tertiary/aromatic N) is 1. The number of hydrazone groups is 1. The van der Waals surface area contributed by atoms with Crippen LogP contribution in [0.2, 0.25) is 0 Å². The summed E-state index contributed by atoms with van der Waals surface area (Å²) in [4.78, 5) is 12.5. The number of carbonyl (C=O) groups excluding carboxylic acids is 1. The fourth-order valence-electron chi connectivity index (χ4n) is 2.42. The molecular weight excluding hydrogens is 488 g/mol. The largest absolute Gasteiger partial charge is 0.506 e. The molecule has 1 amide bonds. The van der Waals surface area contributed by atoms with Crippen LogP contribution in [0, 0.1) is 0 Å². The first-order valence-corrected chi connectivity index (χ1v) is 9.90. The van der Waals surface area contributed by atoms with E-state index < -0.39 is 5.91 Å². The number of hydrogen-bond acceptors (Lipinski definition) is 4. The smallest absolute Gasteiger partial charge is 0.275 e. The Morgan fingerprint density at radius 1 is 1.07 bits per heavy atom. The lowest BCUT2D eigenvalue weighted by Gasteiger charge is -2.10. The minimum absolute atomic E-state index is 0.0350. The Kier molecular flexibility index (Phi) is 6.84. The third kappa shape index (κ3) is 5.21. The van der Waals surface area contributed by atoms with E-state index in [9.17, 15) is 9.90 Å². The van der Waals surface area contributed by atoms with Crippen molar-refractivity contribution in [2.24, 2.45) is 5.10 Å². The van der Waals surface area contributed by atoms with Gasteiger partial charge < -0.3 is 9.84 Å². The number of phenols is 1. The number of aromatic hydroxyl groups is 1. The Morgan fingerprint density at radius 3 is 2.57 bits per heavy atom. The molecule has 0 bridgehead atoms. The highest BCUT2D eigenvalue weighted by atomic mass is 79.9. The van der Waals surface area contributed by atoms with Gasteiger partial charge in [0.2, 0.25) is 0 Å². The maximum Gasteiger partial charge on any atom is 0.275 e. The molecule has 28 heavy (non-hydrogen) atoms. The molecule has 142 valence electrons. The summed E-state index contributed by atoms with van der Waals surface area (Å²) >= 11 is 6.60. The molecule has 3 rings (SSSR count). The highest BCUT2D eigenvalue weighted by molar-refractivity contribution is 9.11. The van der Waals surface area contributed by atoms with Gasteiger partial charge in [-0.05, 0) is 45.8 Å². The molecule has 0 aliphatic rings. The van der Waals surface area contributed by atoms with Crippen LogP contribution >= 0.6 is 31.9 Å². The van der Waals surface area contributed by atoms with Gasteiger partial charge in [-0.2, -0.15) is 5.10 Å². The molecule has 0 aliphatic carbocycles. The SMILES string of the molecule is O=C(N/N=C\c1cc(Br)cc(Br)c1O)c1ccccc1OCc1ccccc1. The lowest BCUT2D eigenvalue weighted by Crippen LogP contribution is -2.18. The molecule has 0 unspecified atom stereocenters. The van der Waals surface area contributed by atoms with E-state index in [4.69, 9.17) is 4.74 Å². The fourth-order valence-corrected chi connectivity index (χ4v) is 3.68. The van der Waals surface area contributed by atoms with Gasteiger partial charge in [-0.3, -0.25) is 4.79 Å². The van der Waals surface area contributed by atoms with Gasteiger partial charge in [0, 0.05) is 10.0 Å². The fraction of sp³-hybridized carbons (Fsp3) is 0.0476. The van der Waals surface area contributed by atoms with Gasteiger partial charge in [0.1, 0.15) is 18.1 Å². The lowest BCUT2D eigenvalue weighted by atomic mass is 10.2. The number of hydrogen-bond donors (Lipinski definition) is 2. The molecule has 0 aliphatic heterocycles. The normalized spacial score (nSPS) is 10.8. The van der Waals surface area contributed by atoms with Crippen LogP contribution in [0.1, 0.15) is 21.5 Å². The first-order chi connectivity index (χ1) is 13.5. The van der Waals surface area contributed by atoms with Crippen molar-refractivity contribution in [1.29, 1.82) is 0 Å². The highest BCUT2D eigenvalue weighted by Crippen LogP contribution is 2.30. The van der Waals surface area contributed by atoms with Gasteiger partial charge in [-0.15, -0.1) is 0 Å². The molecule has 5 nitrogen and oxygen atoms in total. The molecule has 0 spiro atoms. The van der Waals surface area contributed by atoms with E-state index in [1.54, 1.807) is 36.4 Å². The molecule has 0 heterocycles. The standard InChI is InChI=1S/C21H16Br2N2O3/c22-16-10-15(20(26)18(23)11-16)12-24-25-21(27)17-8-4-5-9-19(17)28-13-14-6-2-1-3-7-14/h1-12,26H,13H2,(H,25,27)/b24-12-. The summed E-state index contributed by atoms with van der Waals surface area (Å²) in [5.74, 6) is 0.0911. The van der Waals surface area contributed by atoms with Crippen LogP contribution in [0.3, 0.4) is 0 Å². The Balaban J connectivity index is 1.69. The van der Waals surface area contributed by atoms with Gasteiger partial charge in [0.25, 0.3) is 5.91 Å². The molecule has 3 aromatic rings. The Hall–Kier alpha value is -2.64. The van der Waals surface area contributed by atoms with Crippen LogP contribution < -0.4 is 10.2 Å². The van der Waals surface area contributed by atoms with Crippen molar-refractivity contribution < 1.29 is 14.6 Å². The quantitative estimate of drug-likeness (QED) is 0.356. The number of carbonyl (C=O) groups is 1. The molecule has 3 aromatic carbocycles. The maximum absolute atomic E-state index is 12.5. The number of phenolic OH excluding ortho intramolecular Hbond substituents is 1. The molecule has 0 radical (unpaired) electrons. The number of ether oxygens (including phenoxy) is 1. The molecule has 0 aromatic heterocycles. The summed E-state index contributed by atoms with van der Waals surface area (Å²) < 4.78 is 7.09. The summed E-state index contributed by atoms with van der Waals surface area (Å²) in [6.07, 6.45) is 1.37. The number of rotatable bonds is 6. The predicted molar refractivity (Wildman–Crippen MR) is 116 cm³/mol. The zero-order chi connectivity index (χ0) is 19.9. The van der Waals surface area contributed by atoms with Crippen LogP contribution in [-0.2, 0) is 6.61 Å². The lowest BCUT2D eigenvalue weighted by molar-refractivity contribution is 0.0950. The minimum Gasteiger partial charge on any atom is -0.506 e. The van der Waals surface area contributed by atoms with Crippen LogP contribution in [0.5, 0.6) is 11.5 Å². The van der Waals surface area contributed by atoms with Crippen LogP contribution in [0.25, 0.3) is 0 Å². The molecule has 0 saturated carbocycles. The summed E-state index contributed by atoms with van der Waals surface area (Å²) in [6, 6.07) is 20.1. The third-order valence-corrected chi connectivity index (χ3v) is 4.86. The van der Waals surface area contributed by atoms with E-state index in [1.807, 2.05) is 30.3 Å². The molecule has 0 atom stereocenters. The first kappa shape index (κ1) is 20.1. The average molecular weight is 504 g/mol. The summed E-state index contributed by atoms with van der Waals surface area (Å²) in [7, 11) is 0. The monoisotopic (exact) mass is 502 g/mol. The van der Waals surface area contributed by atoms with Crippen molar-refractivity contribution in [3.63, 3.8) is 0 Å². The first-order valence-electron chi connectivity index (χ1n) is 8.32. The second-order valence-electron chi connectivity index (χ2n) is 5.80. The van der Waals surface area contributed by atoms with E-state index in [-0.39, 0.29) is 5.75 Å². The summed E-state index contributed by atoms with van der Waals surface area (Å²) in [5, 5.41) is 14.0. The molecule has 0 fully saturated rings. The van der Waals surface area contributed by atoms with Crippen molar-refractivity contribution in [3.8, 4) is 11.5 Å². The van der Waals surface area contributed by atoms with Crippen molar-refractivity contribution in [3.05, 3.63) is 92.4 Å². The molecule has 0 saturated heterocycles. The summed E-state index contributed by atoms with van der Waals surface area (Å²) in [6.45, 7) is 0.355. The van der Waals surface area contributed by atoms with Crippen molar-refractivity contribution in [1.82, 2.24) is 5.43 Å². The molecule has 7 heteroatoms. The highest BCUT2D eigenvalue weighted by Gasteiger charge is 2.12. The van der Waals surface area contributed by atoms with Gasteiger partial charge >= 0.3 is 0 Å². The van der Waals surface area contributed by atoms with Crippen molar-refractivity contribution >= 4 is 44.0 Å². The second-order valence-corrected chi connectivity index (χ2v) is 7.57. The maximum atomic E-state index is 12.5. The van der Waals surface area contributed by atoms with Crippen molar-refractivity contribution in [2.45, 2.75) is 6.61 Å². The van der Waals surface area contributed by atoms with E-state index in [1.165, 1.54) is 6.21 Å². The second kappa shape index (κ2) is 9.52. The topological polar surface area (TPSA) is 70.9 Å². The predicted octanol–water partition coefficient (Wildman–Crippen LogP) is 5.26. The number of nitrogens with one attached hydrogen (secondary N) is 1. The van der Waals surface area contributed by atoms with E-state index >= 15 is 0 Å². The van der Waals surface area contributed by atoms with Crippen molar-refractivity contribution in [2.75, 3.05) is 0 Å². The minimum atomic E-state index is -0.409. The number of amides is 1. The number of para-hydroxylation sites is 1. The Bertz CT molecular complexity index is 1010. The zero-order valence-electron chi connectivity index (χ0n) is 14.6. The van der Waals surface area contributed by atoms with Gasteiger partial charge in [0.05, 0.1) is 16.3 Å². The Morgan fingerprint density at radius 2 is 1.79 bits per heavy atom. The molecule has 2 N–H and O–H groups in total. The van der Waals surface area contributed by atoms with Gasteiger partial charge in [0.15, 0.2) is 0 Å². The number of benzene rings is 3. The Labute approximate surface area is 179 Å². The van der Waals surface area contributed by atoms with Gasteiger partial charge in [-0.25, -0.2) is 5.43 Å². The van der Waals surface area contributed by atoms with Crippen LogP contribution in [0.15, 0.2) is 80.8 Å². The average Bonchev–Trinajstić information content (AvgIpc) is 2.71. The summed E-state index contributed by atoms with van der Waals surface area (Å²) in [5.41, 5.74) is 4.29. The third-order valence-electron chi connectivity index (χ3n) is 3.80. The molecular formula is C21H16Br2N2O3. The van der Waals surface area contributed by atoms with E-state index in [0.717, 1.165) is 10.0 Å². The zero-order valence-corrected chi connectivity index (χ0v) is 17.8. The van der Waals surface area contributed by atoms with E-state index in [2.05, 4.69) is 42.4 Å². The van der Waals surface area contributed by atoms with Crippen LogP contribution in [-0.4, -0.2) is 17.2 Å².